The molecule has 2 N–H and O–H groups in total. The third kappa shape index (κ3) is 3.03. The third-order valence-corrected chi connectivity index (χ3v) is 4.39. The Kier molecular flexibility index (Phi) is 4.70. The lowest BCUT2D eigenvalue weighted by Crippen LogP contribution is -2.28. The molecule has 0 aliphatic heterocycles. The van der Waals surface area contributed by atoms with Crippen molar-refractivity contribution in [3.05, 3.63) is 23.8 Å². The Morgan fingerprint density at radius 2 is 2.00 bits per heavy atom. The first-order valence-corrected chi connectivity index (χ1v) is 7.11. The maximum atomic E-state index is 5.97. The molecule has 0 saturated heterocycles. The van der Waals surface area contributed by atoms with Gasteiger partial charge in [0.25, 0.3) is 0 Å². The van der Waals surface area contributed by atoms with E-state index in [4.69, 9.17) is 15.2 Å². The predicted octanol–water partition coefficient (Wildman–Crippen LogP) is 3.18. The van der Waals surface area contributed by atoms with Crippen LogP contribution in [-0.2, 0) is 0 Å². The minimum absolute atomic E-state index is 0.485. The number of benzene rings is 1. The summed E-state index contributed by atoms with van der Waals surface area (Å²) in [5, 5.41) is 0. The summed E-state index contributed by atoms with van der Waals surface area (Å²) in [6.45, 7) is 3.07. The lowest BCUT2D eigenvalue weighted by Gasteiger charge is -2.35. The van der Waals surface area contributed by atoms with Crippen LogP contribution in [0.4, 0.5) is 0 Å². The highest BCUT2D eigenvalue weighted by Crippen LogP contribution is 2.44. The van der Waals surface area contributed by atoms with Crippen molar-refractivity contribution in [1.82, 2.24) is 0 Å². The Morgan fingerprint density at radius 3 is 2.63 bits per heavy atom. The van der Waals surface area contributed by atoms with Crippen LogP contribution < -0.4 is 15.2 Å². The SMILES string of the molecule is COc1ccc(OC)c(C2CC(C)CCC2CN)c1. The molecule has 0 radical (unpaired) electrons. The summed E-state index contributed by atoms with van der Waals surface area (Å²) >= 11 is 0. The molecule has 1 aromatic rings. The molecule has 3 atom stereocenters. The highest BCUT2D eigenvalue weighted by Gasteiger charge is 2.31. The summed E-state index contributed by atoms with van der Waals surface area (Å²) in [6.07, 6.45) is 3.68. The molecule has 3 heteroatoms. The maximum Gasteiger partial charge on any atom is 0.122 e. The Bertz CT molecular complexity index is 419. The van der Waals surface area contributed by atoms with Gasteiger partial charge in [-0.1, -0.05) is 13.3 Å². The second-order valence-corrected chi connectivity index (χ2v) is 5.63. The lowest BCUT2D eigenvalue weighted by molar-refractivity contribution is 0.248. The van der Waals surface area contributed by atoms with Gasteiger partial charge in [0.05, 0.1) is 14.2 Å². The summed E-state index contributed by atoms with van der Waals surface area (Å²) in [7, 11) is 3.44. The fourth-order valence-electron chi connectivity index (χ4n) is 3.24. The van der Waals surface area contributed by atoms with Crippen LogP contribution in [-0.4, -0.2) is 20.8 Å². The van der Waals surface area contributed by atoms with Gasteiger partial charge >= 0.3 is 0 Å². The first-order chi connectivity index (χ1) is 9.19. The van der Waals surface area contributed by atoms with Gasteiger partial charge < -0.3 is 15.2 Å². The van der Waals surface area contributed by atoms with Crippen molar-refractivity contribution >= 4 is 0 Å². The van der Waals surface area contributed by atoms with E-state index >= 15 is 0 Å². The van der Waals surface area contributed by atoms with Gasteiger partial charge in [0.1, 0.15) is 11.5 Å². The minimum atomic E-state index is 0.485. The van der Waals surface area contributed by atoms with Crippen molar-refractivity contribution in [3.63, 3.8) is 0 Å². The summed E-state index contributed by atoms with van der Waals surface area (Å²) in [5.41, 5.74) is 7.22. The van der Waals surface area contributed by atoms with Crippen LogP contribution in [0.5, 0.6) is 11.5 Å². The molecular weight excluding hydrogens is 238 g/mol. The second-order valence-electron chi connectivity index (χ2n) is 5.63. The fourth-order valence-corrected chi connectivity index (χ4v) is 3.24. The Labute approximate surface area is 116 Å². The van der Waals surface area contributed by atoms with E-state index in [1.807, 2.05) is 12.1 Å². The van der Waals surface area contributed by atoms with Gasteiger partial charge in [-0.2, -0.15) is 0 Å². The van der Waals surface area contributed by atoms with Crippen LogP contribution in [0.25, 0.3) is 0 Å². The van der Waals surface area contributed by atoms with Gasteiger partial charge in [-0.25, -0.2) is 0 Å². The molecule has 106 valence electrons. The lowest BCUT2D eigenvalue weighted by atomic mass is 9.71. The molecule has 0 spiro atoms. The largest absolute Gasteiger partial charge is 0.497 e. The Balaban J connectivity index is 2.36. The standard InChI is InChI=1S/C16H25NO2/c1-11-4-5-12(10-17)14(8-11)15-9-13(18-2)6-7-16(15)19-3/h6-7,9,11-12,14H,4-5,8,10,17H2,1-3H3. The summed E-state index contributed by atoms with van der Waals surface area (Å²) < 4.78 is 10.9. The summed E-state index contributed by atoms with van der Waals surface area (Å²) in [6, 6.07) is 6.07. The van der Waals surface area contributed by atoms with E-state index in [-0.39, 0.29) is 0 Å². The maximum absolute atomic E-state index is 5.97. The second kappa shape index (κ2) is 6.29. The van der Waals surface area contributed by atoms with E-state index in [2.05, 4.69) is 13.0 Å². The van der Waals surface area contributed by atoms with Crippen LogP contribution in [0, 0.1) is 11.8 Å². The zero-order valence-electron chi connectivity index (χ0n) is 12.2. The van der Waals surface area contributed by atoms with Crippen molar-refractivity contribution in [2.45, 2.75) is 32.1 Å². The van der Waals surface area contributed by atoms with Crippen molar-refractivity contribution in [2.75, 3.05) is 20.8 Å². The number of rotatable bonds is 4. The summed E-state index contributed by atoms with van der Waals surface area (Å²) in [5.74, 6) is 3.64. The van der Waals surface area contributed by atoms with Gasteiger partial charge in [0, 0.05) is 5.56 Å². The topological polar surface area (TPSA) is 44.5 Å². The molecular formula is C16H25NO2. The third-order valence-electron chi connectivity index (χ3n) is 4.39. The predicted molar refractivity (Wildman–Crippen MR) is 77.8 cm³/mol. The number of nitrogens with two attached hydrogens (primary N) is 1. The molecule has 19 heavy (non-hydrogen) atoms. The van der Waals surface area contributed by atoms with E-state index in [0.29, 0.717) is 11.8 Å². The Hall–Kier alpha value is -1.22. The average molecular weight is 263 g/mol. The smallest absolute Gasteiger partial charge is 0.122 e. The molecule has 0 aromatic heterocycles. The van der Waals surface area contributed by atoms with Gasteiger partial charge in [-0.15, -0.1) is 0 Å². The van der Waals surface area contributed by atoms with E-state index < -0.39 is 0 Å². The first kappa shape index (κ1) is 14.2. The van der Waals surface area contributed by atoms with Crippen molar-refractivity contribution in [3.8, 4) is 11.5 Å². The minimum Gasteiger partial charge on any atom is -0.497 e. The van der Waals surface area contributed by atoms with Crippen LogP contribution in [0.2, 0.25) is 0 Å². The average Bonchev–Trinajstić information content (AvgIpc) is 2.46. The molecule has 0 bridgehead atoms. The van der Waals surface area contributed by atoms with E-state index in [1.165, 1.54) is 24.8 Å². The van der Waals surface area contributed by atoms with E-state index in [1.54, 1.807) is 14.2 Å². The molecule has 3 unspecified atom stereocenters. The normalized spacial score (nSPS) is 27.1. The van der Waals surface area contributed by atoms with Crippen LogP contribution in [0.3, 0.4) is 0 Å². The molecule has 3 nitrogen and oxygen atoms in total. The van der Waals surface area contributed by atoms with Gasteiger partial charge in [-0.3, -0.25) is 0 Å². The Morgan fingerprint density at radius 1 is 1.21 bits per heavy atom. The molecule has 1 aromatic carbocycles. The van der Waals surface area contributed by atoms with Crippen LogP contribution >= 0.6 is 0 Å². The molecule has 1 saturated carbocycles. The first-order valence-electron chi connectivity index (χ1n) is 7.11. The zero-order valence-corrected chi connectivity index (χ0v) is 12.2. The molecule has 0 heterocycles. The molecule has 0 amide bonds. The van der Waals surface area contributed by atoms with Gasteiger partial charge in [-0.05, 0) is 55.3 Å². The monoisotopic (exact) mass is 263 g/mol. The number of hydrogen-bond acceptors (Lipinski definition) is 3. The molecule has 1 fully saturated rings. The molecule has 2 rings (SSSR count). The number of hydrogen-bond donors (Lipinski definition) is 1. The van der Waals surface area contributed by atoms with E-state index in [9.17, 15) is 0 Å². The highest BCUT2D eigenvalue weighted by atomic mass is 16.5. The fraction of sp³-hybridized carbons (Fsp3) is 0.625. The number of methoxy groups -OCH3 is 2. The van der Waals surface area contributed by atoms with Crippen molar-refractivity contribution < 1.29 is 9.47 Å². The van der Waals surface area contributed by atoms with Gasteiger partial charge in [0.15, 0.2) is 0 Å². The summed E-state index contributed by atoms with van der Waals surface area (Å²) in [4.78, 5) is 0. The van der Waals surface area contributed by atoms with Crippen molar-refractivity contribution in [1.29, 1.82) is 0 Å². The highest BCUT2D eigenvalue weighted by molar-refractivity contribution is 5.43. The van der Waals surface area contributed by atoms with Crippen LogP contribution in [0.1, 0.15) is 37.7 Å². The van der Waals surface area contributed by atoms with Gasteiger partial charge in [0.2, 0.25) is 0 Å². The van der Waals surface area contributed by atoms with E-state index in [0.717, 1.165) is 24.0 Å². The van der Waals surface area contributed by atoms with Crippen LogP contribution in [0.15, 0.2) is 18.2 Å². The zero-order chi connectivity index (χ0) is 13.8. The number of ether oxygens (including phenoxy) is 2. The van der Waals surface area contributed by atoms with Crippen molar-refractivity contribution in [2.24, 2.45) is 17.6 Å². The molecule has 1 aliphatic rings. The molecule has 1 aliphatic carbocycles. The quantitative estimate of drug-likeness (QED) is 0.907.